The Labute approximate surface area is 145 Å². The molecule has 0 unspecified atom stereocenters. The number of carbonyl (C=O) groups is 2. The molecular weight excluding hydrogens is 316 g/mol. The van der Waals surface area contributed by atoms with E-state index in [4.69, 9.17) is 0 Å². The van der Waals surface area contributed by atoms with E-state index in [9.17, 15) is 9.59 Å². The van der Waals surface area contributed by atoms with Crippen molar-refractivity contribution < 1.29 is 9.59 Å². The molecule has 0 spiro atoms. The third kappa shape index (κ3) is 3.03. The number of carbonyl (C=O) groups excluding carboxylic acids is 2. The Kier molecular flexibility index (Phi) is 4.01. The second-order valence-corrected chi connectivity index (χ2v) is 6.31. The van der Waals surface area contributed by atoms with Gasteiger partial charge in [0.15, 0.2) is 0 Å². The SMILES string of the molecule is O=C(Cc1c[nH]c2ccccc12)N1CCN(C(=O)c2cc[nH]c2)CC1. The smallest absolute Gasteiger partial charge is 0.255 e. The lowest BCUT2D eigenvalue weighted by atomic mass is 10.1. The predicted molar refractivity (Wildman–Crippen MR) is 95.3 cm³/mol. The van der Waals surface area contributed by atoms with Crippen LogP contribution >= 0.6 is 0 Å². The second kappa shape index (κ2) is 6.47. The molecule has 25 heavy (non-hydrogen) atoms. The van der Waals surface area contributed by atoms with Gasteiger partial charge in [-0.2, -0.15) is 0 Å². The Hall–Kier alpha value is -3.02. The van der Waals surface area contributed by atoms with Crippen LogP contribution in [0.4, 0.5) is 0 Å². The standard InChI is InChI=1S/C19H20N4O2/c24-18(11-15-13-21-17-4-2-1-3-16(15)17)22-7-9-23(10-8-22)19(25)14-5-6-20-12-14/h1-6,12-13,20-21H,7-11H2. The number of aromatic nitrogens is 2. The van der Waals surface area contributed by atoms with Crippen molar-refractivity contribution in [1.82, 2.24) is 19.8 Å². The molecule has 128 valence electrons. The van der Waals surface area contributed by atoms with Crippen LogP contribution in [-0.2, 0) is 11.2 Å². The maximum absolute atomic E-state index is 12.6. The van der Waals surface area contributed by atoms with E-state index < -0.39 is 0 Å². The minimum absolute atomic E-state index is 0.0185. The first-order valence-electron chi connectivity index (χ1n) is 8.47. The van der Waals surface area contributed by atoms with Gasteiger partial charge in [-0.3, -0.25) is 9.59 Å². The van der Waals surface area contributed by atoms with Crippen molar-refractivity contribution in [1.29, 1.82) is 0 Å². The largest absolute Gasteiger partial charge is 0.367 e. The molecule has 6 heteroatoms. The molecule has 2 amide bonds. The summed E-state index contributed by atoms with van der Waals surface area (Å²) < 4.78 is 0. The van der Waals surface area contributed by atoms with E-state index in [2.05, 4.69) is 9.97 Å². The van der Waals surface area contributed by atoms with E-state index in [1.807, 2.05) is 35.4 Å². The molecule has 0 bridgehead atoms. The fourth-order valence-corrected chi connectivity index (χ4v) is 3.35. The Morgan fingerprint density at radius 1 is 0.960 bits per heavy atom. The number of hydrogen-bond donors (Lipinski definition) is 2. The Balaban J connectivity index is 1.37. The zero-order valence-corrected chi connectivity index (χ0v) is 13.9. The van der Waals surface area contributed by atoms with E-state index in [1.54, 1.807) is 23.4 Å². The van der Waals surface area contributed by atoms with E-state index in [-0.39, 0.29) is 11.8 Å². The number of H-pyrrole nitrogens is 2. The molecule has 1 aliphatic rings. The van der Waals surface area contributed by atoms with Crippen molar-refractivity contribution in [2.24, 2.45) is 0 Å². The molecule has 2 N–H and O–H groups in total. The highest BCUT2D eigenvalue weighted by Gasteiger charge is 2.25. The van der Waals surface area contributed by atoms with Crippen LogP contribution in [0.2, 0.25) is 0 Å². The minimum atomic E-state index is 0.0185. The van der Waals surface area contributed by atoms with Crippen molar-refractivity contribution in [2.45, 2.75) is 6.42 Å². The number of nitrogens with one attached hydrogen (secondary N) is 2. The van der Waals surface area contributed by atoms with Gasteiger partial charge in [0, 0.05) is 55.7 Å². The molecule has 1 saturated heterocycles. The number of rotatable bonds is 3. The molecule has 0 saturated carbocycles. The predicted octanol–water partition coefficient (Wildman–Crippen LogP) is 2.02. The lowest BCUT2D eigenvalue weighted by Gasteiger charge is -2.34. The highest BCUT2D eigenvalue weighted by atomic mass is 16.2. The second-order valence-electron chi connectivity index (χ2n) is 6.31. The molecule has 1 aliphatic heterocycles. The summed E-state index contributed by atoms with van der Waals surface area (Å²) >= 11 is 0. The first-order valence-corrected chi connectivity index (χ1v) is 8.47. The molecule has 2 aromatic heterocycles. The van der Waals surface area contributed by atoms with Crippen LogP contribution in [0.3, 0.4) is 0 Å². The Morgan fingerprint density at radius 2 is 1.72 bits per heavy atom. The van der Waals surface area contributed by atoms with E-state index in [0.717, 1.165) is 16.5 Å². The number of amides is 2. The summed E-state index contributed by atoms with van der Waals surface area (Å²) in [6.45, 7) is 2.31. The third-order valence-electron chi connectivity index (χ3n) is 4.78. The molecule has 4 rings (SSSR count). The van der Waals surface area contributed by atoms with Gasteiger partial charge in [0.25, 0.3) is 5.91 Å². The number of fused-ring (bicyclic) bond motifs is 1. The molecule has 0 radical (unpaired) electrons. The summed E-state index contributed by atoms with van der Waals surface area (Å²) in [4.78, 5) is 34.7. The van der Waals surface area contributed by atoms with Gasteiger partial charge in [0.05, 0.1) is 12.0 Å². The first-order chi connectivity index (χ1) is 12.2. The van der Waals surface area contributed by atoms with Crippen molar-refractivity contribution in [3.63, 3.8) is 0 Å². The molecule has 1 aromatic carbocycles. The van der Waals surface area contributed by atoms with E-state index >= 15 is 0 Å². The van der Waals surface area contributed by atoms with Crippen LogP contribution in [0.15, 0.2) is 48.9 Å². The van der Waals surface area contributed by atoms with Gasteiger partial charge in [-0.15, -0.1) is 0 Å². The quantitative estimate of drug-likeness (QED) is 0.768. The molecule has 0 aliphatic carbocycles. The molecule has 6 nitrogen and oxygen atoms in total. The summed E-state index contributed by atoms with van der Waals surface area (Å²) in [5, 5.41) is 1.09. The summed E-state index contributed by atoms with van der Waals surface area (Å²) in [5.41, 5.74) is 2.73. The first kappa shape index (κ1) is 15.5. The minimum Gasteiger partial charge on any atom is -0.367 e. The van der Waals surface area contributed by atoms with Gasteiger partial charge < -0.3 is 19.8 Å². The fourth-order valence-electron chi connectivity index (χ4n) is 3.35. The summed E-state index contributed by atoms with van der Waals surface area (Å²) in [6.07, 6.45) is 5.75. The van der Waals surface area contributed by atoms with E-state index in [0.29, 0.717) is 38.2 Å². The Morgan fingerprint density at radius 3 is 2.48 bits per heavy atom. The van der Waals surface area contributed by atoms with Crippen molar-refractivity contribution in [3.05, 3.63) is 60.0 Å². The summed E-state index contributed by atoms with van der Waals surface area (Å²) in [7, 11) is 0. The number of para-hydroxylation sites is 1. The van der Waals surface area contributed by atoms with Crippen LogP contribution in [0.1, 0.15) is 15.9 Å². The van der Waals surface area contributed by atoms with E-state index in [1.165, 1.54) is 0 Å². The molecule has 0 atom stereocenters. The number of aromatic amines is 2. The van der Waals surface area contributed by atoms with Gasteiger partial charge in [-0.05, 0) is 17.7 Å². The van der Waals surface area contributed by atoms with Gasteiger partial charge in [0.2, 0.25) is 5.91 Å². The third-order valence-corrected chi connectivity index (χ3v) is 4.78. The van der Waals surface area contributed by atoms with Crippen LogP contribution in [0.25, 0.3) is 10.9 Å². The van der Waals surface area contributed by atoms with Gasteiger partial charge in [0.1, 0.15) is 0 Å². The lowest BCUT2D eigenvalue weighted by molar-refractivity contribution is -0.131. The van der Waals surface area contributed by atoms with Crippen molar-refractivity contribution in [2.75, 3.05) is 26.2 Å². The topological polar surface area (TPSA) is 72.2 Å². The summed E-state index contributed by atoms with van der Waals surface area (Å²) in [6, 6.07) is 9.77. The highest BCUT2D eigenvalue weighted by Crippen LogP contribution is 2.19. The lowest BCUT2D eigenvalue weighted by Crippen LogP contribution is -2.50. The average Bonchev–Trinajstić information content (AvgIpc) is 3.32. The van der Waals surface area contributed by atoms with Crippen LogP contribution < -0.4 is 0 Å². The zero-order valence-electron chi connectivity index (χ0n) is 13.9. The number of benzene rings is 1. The number of hydrogen-bond acceptors (Lipinski definition) is 2. The maximum atomic E-state index is 12.6. The van der Waals surface area contributed by atoms with Gasteiger partial charge in [-0.25, -0.2) is 0 Å². The van der Waals surface area contributed by atoms with Crippen LogP contribution in [-0.4, -0.2) is 57.8 Å². The van der Waals surface area contributed by atoms with Gasteiger partial charge in [-0.1, -0.05) is 18.2 Å². The zero-order chi connectivity index (χ0) is 17.2. The highest BCUT2D eigenvalue weighted by molar-refractivity contribution is 5.94. The maximum Gasteiger partial charge on any atom is 0.255 e. The number of piperazine rings is 1. The van der Waals surface area contributed by atoms with Crippen LogP contribution in [0.5, 0.6) is 0 Å². The molecule has 1 fully saturated rings. The molecule has 3 heterocycles. The van der Waals surface area contributed by atoms with Crippen molar-refractivity contribution in [3.8, 4) is 0 Å². The van der Waals surface area contributed by atoms with Gasteiger partial charge >= 0.3 is 0 Å². The average molecular weight is 336 g/mol. The Bertz CT molecular complexity index is 889. The number of nitrogens with zero attached hydrogens (tertiary/aromatic N) is 2. The van der Waals surface area contributed by atoms with Crippen molar-refractivity contribution >= 4 is 22.7 Å². The normalized spacial score (nSPS) is 14.9. The van der Waals surface area contributed by atoms with Crippen LogP contribution in [0, 0.1) is 0 Å². The summed E-state index contributed by atoms with van der Waals surface area (Å²) in [5.74, 6) is 0.128. The molecule has 3 aromatic rings. The molecular formula is C19H20N4O2. The fraction of sp³-hybridized carbons (Fsp3) is 0.263. The monoisotopic (exact) mass is 336 g/mol.